The first-order valence-electron chi connectivity index (χ1n) is 9.93. The molecule has 0 aliphatic rings. The van der Waals surface area contributed by atoms with Crippen LogP contribution in [0.2, 0.25) is 72.0 Å². The van der Waals surface area contributed by atoms with E-state index < -0.39 is 52.3 Å². The van der Waals surface area contributed by atoms with Gasteiger partial charge in [0.25, 0.3) is 0 Å². The smallest absolute Gasteiger partial charge is 0.416 e. The SMILES string of the molecule is C[Si](C)CO[Si](C)(OCCO[Si](C)(OC[Si](C)C)O[Si](C)(C)C)OC[Si](C)C. The van der Waals surface area contributed by atoms with Crippen molar-refractivity contribution in [2.24, 2.45) is 0 Å². The molecule has 0 heterocycles. The number of rotatable bonds is 16. The molecule has 1 unspecified atom stereocenters. The van der Waals surface area contributed by atoms with Crippen LogP contribution in [0.15, 0.2) is 0 Å². The minimum atomic E-state index is -2.67. The Morgan fingerprint density at radius 1 is 0.500 bits per heavy atom. The number of hydrogen-bond acceptors (Lipinski definition) is 6. The van der Waals surface area contributed by atoms with E-state index in [0.717, 1.165) is 18.7 Å². The molecule has 0 aromatic carbocycles. The molecule has 0 rings (SSSR count). The predicted molar refractivity (Wildman–Crippen MR) is 130 cm³/mol. The van der Waals surface area contributed by atoms with E-state index in [0.29, 0.717) is 13.2 Å². The second-order valence-electron chi connectivity index (χ2n) is 9.12. The van der Waals surface area contributed by atoms with Crippen LogP contribution in [-0.2, 0) is 26.2 Å². The van der Waals surface area contributed by atoms with Crippen molar-refractivity contribution in [3.8, 4) is 0 Å². The third-order valence-electron chi connectivity index (χ3n) is 3.17. The summed E-state index contributed by atoms with van der Waals surface area (Å²) in [5.41, 5.74) is 0. The van der Waals surface area contributed by atoms with E-state index in [-0.39, 0.29) is 0 Å². The molecule has 1 atom stereocenters. The van der Waals surface area contributed by atoms with Gasteiger partial charge in [0.2, 0.25) is 0 Å². The predicted octanol–water partition coefficient (Wildman–Crippen LogP) is 3.94. The zero-order valence-corrected chi connectivity index (χ0v) is 26.0. The number of hydrogen-bond donors (Lipinski definition) is 0. The van der Waals surface area contributed by atoms with Crippen LogP contribution in [-0.4, -0.2) is 84.2 Å². The van der Waals surface area contributed by atoms with E-state index in [4.69, 9.17) is 26.2 Å². The molecule has 12 heteroatoms. The lowest BCUT2D eigenvalue weighted by molar-refractivity contribution is 0.0572. The fourth-order valence-corrected chi connectivity index (χ4v) is 14.8. The summed E-state index contributed by atoms with van der Waals surface area (Å²) in [6.07, 6.45) is 2.23. The van der Waals surface area contributed by atoms with Gasteiger partial charge in [0.15, 0.2) is 8.32 Å². The van der Waals surface area contributed by atoms with Crippen molar-refractivity contribution in [2.75, 3.05) is 31.9 Å². The van der Waals surface area contributed by atoms with Crippen molar-refractivity contribution in [1.82, 2.24) is 0 Å². The fraction of sp³-hybridized carbons (Fsp3) is 1.00. The summed E-state index contributed by atoms with van der Waals surface area (Å²) >= 11 is 0. The van der Waals surface area contributed by atoms with Crippen LogP contribution in [0.4, 0.5) is 0 Å². The normalized spacial score (nSPS) is 15.6. The zero-order chi connectivity index (χ0) is 22.0. The summed E-state index contributed by atoms with van der Waals surface area (Å²) in [5, 5.41) is 0. The van der Waals surface area contributed by atoms with Gasteiger partial charge in [-0.3, -0.25) is 0 Å². The summed E-state index contributed by atoms with van der Waals surface area (Å²) < 4.78 is 36.9. The minimum Gasteiger partial charge on any atom is -0.416 e. The third-order valence-corrected chi connectivity index (χ3v) is 13.6. The monoisotopic (exact) mass is 499 g/mol. The lowest BCUT2D eigenvalue weighted by atomic mass is 10.8. The average Bonchev–Trinajstić information content (AvgIpc) is 2.52. The Kier molecular flexibility index (Phi) is 14.0. The molecule has 6 nitrogen and oxygen atoms in total. The van der Waals surface area contributed by atoms with Crippen LogP contribution >= 0.6 is 0 Å². The standard InChI is InChI=1S/C16H43O6Si6/c1-23(2)14-19-27(10,20-15-24(3)4)17-12-13-18-28(11,21-16-25(5)6)22-26(7,8)9/h12-16H2,1-11H3. The molecular formula is C16H43O6Si6. The topological polar surface area (TPSA) is 55.4 Å². The summed E-state index contributed by atoms with van der Waals surface area (Å²) in [5.74, 6) is 0. The van der Waals surface area contributed by atoms with Gasteiger partial charge in [-0.1, -0.05) is 39.3 Å². The van der Waals surface area contributed by atoms with Crippen molar-refractivity contribution in [1.29, 1.82) is 0 Å². The van der Waals surface area contributed by atoms with E-state index in [1.165, 1.54) is 0 Å². The zero-order valence-electron chi connectivity index (χ0n) is 20.0. The molecule has 3 radical (unpaired) electrons. The Labute approximate surface area is 182 Å². The Bertz CT molecular complexity index is 409. The van der Waals surface area contributed by atoms with E-state index in [1.807, 2.05) is 13.1 Å². The van der Waals surface area contributed by atoms with Gasteiger partial charge in [-0.2, -0.15) is 0 Å². The first-order chi connectivity index (χ1) is 12.7. The molecule has 0 aliphatic heterocycles. The van der Waals surface area contributed by atoms with Gasteiger partial charge < -0.3 is 26.2 Å². The summed E-state index contributed by atoms with van der Waals surface area (Å²) in [6.45, 7) is 24.8. The summed E-state index contributed by atoms with van der Waals surface area (Å²) in [6, 6.07) is 0. The molecule has 0 N–H and O–H groups in total. The van der Waals surface area contributed by atoms with Gasteiger partial charge in [-0.05, 0) is 19.6 Å². The molecule has 0 saturated heterocycles. The lowest BCUT2D eigenvalue weighted by Crippen LogP contribution is -2.52. The Hall–Kier alpha value is 1.06. The van der Waals surface area contributed by atoms with E-state index in [1.54, 1.807) is 0 Å². The molecule has 167 valence electrons. The van der Waals surface area contributed by atoms with Crippen molar-refractivity contribution < 1.29 is 26.2 Å². The van der Waals surface area contributed by atoms with E-state index in [2.05, 4.69) is 58.9 Å². The Morgan fingerprint density at radius 2 is 0.821 bits per heavy atom. The Morgan fingerprint density at radius 3 is 1.14 bits per heavy atom. The Balaban J connectivity index is 4.74. The van der Waals surface area contributed by atoms with Gasteiger partial charge in [-0.15, -0.1) is 0 Å². The largest absolute Gasteiger partial charge is 0.497 e. The van der Waals surface area contributed by atoms with Crippen LogP contribution in [0.5, 0.6) is 0 Å². The molecule has 0 bridgehead atoms. The second-order valence-corrected chi connectivity index (χ2v) is 27.2. The third kappa shape index (κ3) is 15.8. The minimum absolute atomic E-state index is 0.435. The molecule has 0 aliphatic carbocycles. The lowest BCUT2D eigenvalue weighted by Gasteiger charge is -2.33. The van der Waals surface area contributed by atoms with Crippen LogP contribution in [0.25, 0.3) is 0 Å². The molecule has 0 spiro atoms. The fourth-order valence-electron chi connectivity index (χ4n) is 2.06. The highest BCUT2D eigenvalue weighted by atomic mass is 28.5. The second kappa shape index (κ2) is 13.5. The van der Waals surface area contributed by atoms with Crippen molar-refractivity contribution in [3.63, 3.8) is 0 Å². The van der Waals surface area contributed by atoms with Gasteiger partial charge in [-0.25, -0.2) is 0 Å². The highest BCUT2D eigenvalue weighted by Crippen LogP contribution is 2.18. The van der Waals surface area contributed by atoms with Gasteiger partial charge in [0.1, 0.15) is 0 Å². The van der Waals surface area contributed by atoms with Crippen molar-refractivity contribution in [3.05, 3.63) is 0 Å². The van der Waals surface area contributed by atoms with E-state index >= 15 is 0 Å². The van der Waals surface area contributed by atoms with E-state index in [9.17, 15) is 0 Å². The van der Waals surface area contributed by atoms with Crippen molar-refractivity contribution >= 4 is 52.3 Å². The molecule has 0 saturated carbocycles. The highest BCUT2D eigenvalue weighted by molar-refractivity contribution is 6.79. The van der Waals surface area contributed by atoms with Crippen LogP contribution in [0, 0.1) is 0 Å². The van der Waals surface area contributed by atoms with Crippen LogP contribution < -0.4 is 0 Å². The molecule has 0 amide bonds. The highest BCUT2D eigenvalue weighted by Gasteiger charge is 2.41. The van der Waals surface area contributed by atoms with Gasteiger partial charge in [0, 0.05) is 31.8 Å². The maximum atomic E-state index is 6.32. The summed E-state index contributed by atoms with van der Waals surface area (Å²) in [7, 11) is -8.54. The first kappa shape index (κ1) is 29.1. The molecular weight excluding hydrogens is 457 g/mol. The molecule has 0 fully saturated rings. The first-order valence-corrected chi connectivity index (χ1v) is 25.9. The average molecular weight is 500 g/mol. The maximum absolute atomic E-state index is 6.32. The van der Waals surface area contributed by atoms with Crippen LogP contribution in [0.1, 0.15) is 0 Å². The summed E-state index contributed by atoms with van der Waals surface area (Å²) in [4.78, 5) is 0. The van der Waals surface area contributed by atoms with Gasteiger partial charge in [0.05, 0.1) is 39.6 Å². The molecule has 28 heavy (non-hydrogen) atoms. The van der Waals surface area contributed by atoms with Gasteiger partial charge >= 0.3 is 17.6 Å². The molecule has 0 aromatic rings. The maximum Gasteiger partial charge on any atom is 0.497 e. The van der Waals surface area contributed by atoms with Crippen LogP contribution in [0.3, 0.4) is 0 Å². The van der Waals surface area contributed by atoms with Crippen molar-refractivity contribution in [2.45, 2.75) is 72.0 Å². The molecule has 0 aromatic heterocycles. The quantitative estimate of drug-likeness (QED) is 0.237.